The molecule has 0 aliphatic carbocycles. The van der Waals surface area contributed by atoms with E-state index in [0.717, 1.165) is 4.31 Å². The largest absolute Gasteiger partial charge is 0.490 e. The molecule has 0 atom stereocenters. The number of benzene rings is 2. The average molecular weight is 421 g/mol. The number of anilines is 1. The number of hydrogen-bond donors (Lipinski definition) is 1. The Bertz CT molecular complexity index is 942. The average Bonchev–Trinajstić information content (AvgIpc) is 2.68. The number of ether oxygens (including phenoxy) is 2. The minimum Gasteiger partial charge on any atom is -0.490 e. The molecule has 0 radical (unpaired) electrons. The Morgan fingerprint density at radius 3 is 2.34 bits per heavy atom. The summed E-state index contributed by atoms with van der Waals surface area (Å²) in [6.45, 7) is 4.54. The molecule has 8 heteroatoms. The Kier molecular flexibility index (Phi) is 8.04. The van der Waals surface area contributed by atoms with Gasteiger partial charge in [-0.25, -0.2) is 12.7 Å². The molecule has 1 amide bonds. The van der Waals surface area contributed by atoms with Gasteiger partial charge in [-0.15, -0.1) is 0 Å². The number of rotatable bonds is 10. The maximum absolute atomic E-state index is 12.4. The standard InChI is InChI=1S/C21H28N2O5S/c1-5-27-18-9-6-7-10-19(18)28-14-8-11-21(24)22-17-13-12-16(2)20(15-17)29(25,26)23(3)4/h6-7,9-10,12-13,15H,5,8,11,14H2,1-4H3,(H,22,24). The zero-order valence-electron chi connectivity index (χ0n) is 17.3. The number of nitrogens with zero attached hydrogens (tertiary/aromatic N) is 1. The Morgan fingerprint density at radius 1 is 1.07 bits per heavy atom. The van der Waals surface area contributed by atoms with Crippen LogP contribution in [0, 0.1) is 6.92 Å². The van der Waals surface area contributed by atoms with Gasteiger partial charge in [0.15, 0.2) is 11.5 Å². The quantitative estimate of drug-likeness (QED) is 0.595. The summed E-state index contributed by atoms with van der Waals surface area (Å²) in [4.78, 5) is 12.4. The van der Waals surface area contributed by atoms with Crippen LogP contribution < -0.4 is 14.8 Å². The maximum Gasteiger partial charge on any atom is 0.242 e. The van der Waals surface area contributed by atoms with Gasteiger partial charge in [0.1, 0.15) is 0 Å². The first kappa shape index (κ1) is 22.7. The lowest BCUT2D eigenvalue weighted by molar-refractivity contribution is -0.116. The van der Waals surface area contributed by atoms with Crippen LogP contribution in [0.1, 0.15) is 25.3 Å². The number of carbonyl (C=O) groups is 1. The van der Waals surface area contributed by atoms with Gasteiger partial charge >= 0.3 is 0 Å². The van der Waals surface area contributed by atoms with Crippen LogP contribution >= 0.6 is 0 Å². The maximum atomic E-state index is 12.4. The molecule has 0 saturated heterocycles. The Hall–Kier alpha value is -2.58. The molecule has 7 nitrogen and oxygen atoms in total. The topological polar surface area (TPSA) is 84.9 Å². The predicted molar refractivity (Wildman–Crippen MR) is 113 cm³/mol. The first-order chi connectivity index (χ1) is 13.8. The highest BCUT2D eigenvalue weighted by Gasteiger charge is 2.20. The molecular weight excluding hydrogens is 392 g/mol. The van der Waals surface area contributed by atoms with Crippen LogP contribution in [0.4, 0.5) is 5.69 Å². The van der Waals surface area contributed by atoms with Gasteiger partial charge in [0.05, 0.1) is 18.1 Å². The molecule has 0 unspecified atom stereocenters. The highest BCUT2D eigenvalue weighted by Crippen LogP contribution is 2.26. The fourth-order valence-corrected chi connectivity index (χ4v) is 3.78. The van der Waals surface area contributed by atoms with Crippen molar-refractivity contribution in [2.24, 2.45) is 0 Å². The van der Waals surface area contributed by atoms with Gasteiger partial charge in [-0.05, 0) is 50.1 Å². The minimum atomic E-state index is -3.58. The van der Waals surface area contributed by atoms with Gasteiger partial charge in [-0.3, -0.25) is 4.79 Å². The van der Waals surface area contributed by atoms with Gasteiger partial charge < -0.3 is 14.8 Å². The van der Waals surface area contributed by atoms with Gasteiger partial charge in [0.2, 0.25) is 15.9 Å². The van der Waals surface area contributed by atoms with Crippen molar-refractivity contribution in [2.45, 2.75) is 31.6 Å². The lowest BCUT2D eigenvalue weighted by Crippen LogP contribution is -2.23. The number of carbonyl (C=O) groups excluding carboxylic acids is 1. The molecule has 1 N–H and O–H groups in total. The highest BCUT2D eigenvalue weighted by atomic mass is 32.2. The summed E-state index contributed by atoms with van der Waals surface area (Å²) in [6.07, 6.45) is 0.765. The van der Waals surface area contributed by atoms with E-state index in [9.17, 15) is 13.2 Å². The molecule has 0 spiro atoms. The second-order valence-electron chi connectivity index (χ2n) is 6.65. The lowest BCUT2D eigenvalue weighted by Gasteiger charge is -2.15. The summed E-state index contributed by atoms with van der Waals surface area (Å²) in [5.74, 6) is 1.12. The van der Waals surface area contributed by atoms with E-state index in [1.165, 1.54) is 20.2 Å². The van der Waals surface area contributed by atoms with Crippen molar-refractivity contribution in [3.8, 4) is 11.5 Å². The number of para-hydroxylation sites is 2. The van der Waals surface area contributed by atoms with Crippen molar-refractivity contribution in [3.63, 3.8) is 0 Å². The lowest BCUT2D eigenvalue weighted by atomic mass is 10.2. The molecule has 0 bridgehead atoms. The summed E-state index contributed by atoms with van der Waals surface area (Å²) in [5.41, 5.74) is 1.07. The molecule has 0 aromatic heterocycles. The van der Waals surface area contributed by atoms with Crippen molar-refractivity contribution >= 4 is 21.6 Å². The summed E-state index contributed by atoms with van der Waals surface area (Å²) in [6, 6.07) is 12.2. The minimum absolute atomic E-state index is 0.177. The van der Waals surface area contributed by atoms with Crippen molar-refractivity contribution < 1.29 is 22.7 Å². The Labute approximate surface area is 172 Å². The third kappa shape index (κ3) is 6.20. The molecular formula is C21H28N2O5S. The van der Waals surface area contributed by atoms with Crippen LogP contribution in [-0.2, 0) is 14.8 Å². The van der Waals surface area contributed by atoms with Crippen molar-refractivity contribution in [1.82, 2.24) is 4.31 Å². The third-order valence-electron chi connectivity index (χ3n) is 4.19. The van der Waals surface area contributed by atoms with E-state index in [1.54, 1.807) is 19.1 Å². The first-order valence-electron chi connectivity index (χ1n) is 9.43. The molecule has 29 heavy (non-hydrogen) atoms. The molecule has 158 valence electrons. The molecule has 0 saturated carbocycles. The fraction of sp³-hybridized carbons (Fsp3) is 0.381. The second-order valence-corrected chi connectivity index (χ2v) is 8.77. The normalized spacial score (nSPS) is 11.3. The van der Waals surface area contributed by atoms with Crippen LogP contribution in [-0.4, -0.2) is 45.9 Å². The summed E-state index contributed by atoms with van der Waals surface area (Å²) < 4.78 is 37.2. The number of nitrogens with one attached hydrogen (secondary N) is 1. The zero-order valence-corrected chi connectivity index (χ0v) is 18.1. The molecule has 0 fully saturated rings. The van der Waals surface area contributed by atoms with Crippen molar-refractivity contribution in [1.29, 1.82) is 0 Å². The second kappa shape index (κ2) is 10.3. The van der Waals surface area contributed by atoms with E-state index in [0.29, 0.717) is 42.4 Å². The number of amides is 1. The third-order valence-corrected chi connectivity index (χ3v) is 6.14. The SMILES string of the molecule is CCOc1ccccc1OCCCC(=O)Nc1ccc(C)c(S(=O)(=O)N(C)C)c1. The number of hydrogen-bond acceptors (Lipinski definition) is 5. The van der Waals surface area contributed by atoms with Crippen LogP contribution in [0.25, 0.3) is 0 Å². The summed E-state index contributed by atoms with van der Waals surface area (Å²) >= 11 is 0. The van der Waals surface area contributed by atoms with Crippen LogP contribution in [0.2, 0.25) is 0 Å². The number of aryl methyl sites for hydroxylation is 1. The number of sulfonamides is 1. The molecule has 2 rings (SSSR count). The fourth-order valence-electron chi connectivity index (χ4n) is 2.63. The van der Waals surface area contributed by atoms with Crippen LogP contribution in [0.5, 0.6) is 11.5 Å². The van der Waals surface area contributed by atoms with Gasteiger partial charge in [-0.1, -0.05) is 18.2 Å². The van der Waals surface area contributed by atoms with E-state index >= 15 is 0 Å². The molecule has 0 aliphatic rings. The molecule has 0 heterocycles. The Morgan fingerprint density at radius 2 is 1.72 bits per heavy atom. The molecule has 0 aliphatic heterocycles. The van der Waals surface area contributed by atoms with Gasteiger partial charge in [0.25, 0.3) is 0 Å². The predicted octanol–water partition coefficient (Wildman–Crippen LogP) is 3.44. The molecule has 2 aromatic carbocycles. The van der Waals surface area contributed by atoms with Crippen LogP contribution in [0.15, 0.2) is 47.4 Å². The van der Waals surface area contributed by atoms with E-state index in [1.807, 2.05) is 31.2 Å². The van der Waals surface area contributed by atoms with Crippen LogP contribution in [0.3, 0.4) is 0 Å². The monoisotopic (exact) mass is 420 g/mol. The van der Waals surface area contributed by atoms with Gasteiger partial charge in [-0.2, -0.15) is 0 Å². The summed E-state index contributed by atoms with van der Waals surface area (Å²) in [7, 11) is -0.624. The Balaban J connectivity index is 1.90. The smallest absolute Gasteiger partial charge is 0.242 e. The van der Waals surface area contributed by atoms with Crippen molar-refractivity contribution in [2.75, 3.05) is 32.6 Å². The molecule has 2 aromatic rings. The van der Waals surface area contributed by atoms with Crippen molar-refractivity contribution in [3.05, 3.63) is 48.0 Å². The van der Waals surface area contributed by atoms with E-state index < -0.39 is 10.0 Å². The summed E-state index contributed by atoms with van der Waals surface area (Å²) in [5, 5.41) is 2.75. The zero-order chi connectivity index (χ0) is 21.4. The highest BCUT2D eigenvalue weighted by molar-refractivity contribution is 7.89. The first-order valence-corrected chi connectivity index (χ1v) is 10.9. The van der Waals surface area contributed by atoms with E-state index in [2.05, 4.69) is 5.32 Å². The van der Waals surface area contributed by atoms with Gasteiger partial charge in [0, 0.05) is 26.2 Å². The van der Waals surface area contributed by atoms with E-state index in [4.69, 9.17) is 9.47 Å². The van der Waals surface area contributed by atoms with E-state index in [-0.39, 0.29) is 17.2 Å².